The molecule has 0 amide bonds. The van der Waals surface area contributed by atoms with Crippen LogP contribution in [0.25, 0.3) is 0 Å². The molecule has 0 saturated carbocycles. The SMILES string of the molecule is O=C(O)C=CSc1ccc2c(c1)CCC2. The fourth-order valence-corrected chi connectivity index (χ4v) is 2.49. The van der Waals surface area contributed by atoms with Crippen molar-refractivity contribution < 1.29 is 9.90 Å². The molecular formula is C12H12O2S. The Morgan fingerprint density at radius 3 is 2.93 bits per heavy atom. The molecule has 0 aliphatic heterocycles. The maximum absolute atomic E-state index is 10.3. The van der Waals surface area contributed by atoms with Crippen LogP contribution in [0, 0.1) is 0 Å². The zero-order chi connectivity index (χ0) is 10.7. The average molecular weight is 220 g/mol. The third-order valence-electron chi connectivity index (χ3n) is 2.48. The Labute approximate surface area is 93.0 Å². The summed E-state index contributed by atoms with van der Waals surface area (Å²) in [5.74, 6) is -0.899. The van der Waals surface area contributed by atoms with Crippen LogP contribution < -0.4 is 0 Å². The second kappa shape index (κ2) is 4.53. The van der Waals surface area contributed by atoms with Gasteiger partial charge in [-0.3, -0.25) is 0 Å². The third-order valence-corrected chi connectivity index (χ3v) is 3.28. The van der Waals surface area contributed by atoms with Crippen molar-refractivity contribution in [3.05, 3.63) is 40.8 Å². The standard InChI is InChI=1S/C12H12O2S/c13-12(14)6-7-15-11-5-4-9-2-1-3-10(9)8-11/h4-8H,1-3H2,(H,13,14). The van der Waals surface area contributed by atoms with Gasteiger partial charge in [-0.1, -0.05) is 17.8 Å². The highest BCUT2D eigenvalue weighted by Crippen LogP contribution is 2.27. The van der Waals surface area contributed by atoms with Crippen molar-refractivity contribution in [1.29, 1.82) is 0 Å². The number of carboxylic acid groups (broad SMARTS) is 1. The van der Waals surface area contributed by atoms with Crippen LogP contribution in [0.15, 0.2) is 34.6 Å². The van der Waals surface area contributed by atoms with Crippen LogP contribution in [0.5, 0.6) is 0 Å². The minimum Gasteiger partial charge on any atom is -0.478 e. The summed E-state index contributed by atoms with van der Waals surface area (Å²) >= 11 is 1.45. The smallest absolute Gasteiger partial charge is 0.328 e. The lowest BCUT2D eigenvalue weighted by Crippen LogP contribution is -1.85. The first-order valence-corrected chi connectivity index (χ1v) is 5.81. The van der Waals surface area contributed by atoms with E-state index in [1.54, 1.807) is 5.41 Å². The van der Waals surface area contributed by atoms with E-state index in [1.165, 1.54) is 35.7 Å². The third kappa shape index (κ3) is 2.63. The van der Waals surface area contributed by atoms with Crippen LogP contribution in [0.3, 0.4) is 0 Å². The molecule has 1 aromatic carbocycles. The minimum absolute atomic E-state index is 0.899. The van der Waals surface area contributed by atoms with E-state index in [-0.39, 0.29) is 0 Å². The fraction of sp³-hybridized carbons (Fsp3) is 0.250. The van der Waals surface area contributed by atoms with Crippen molar-refractivity contribution in [3.8, 4) is 0 Å². The van der Waals surface area contributed by atoms with Gasteiger partial charge in [-0.25, -0.2) is 4.79 Å². The molecule has 1 aromatic rings. The number of hydrogen-bond acceptors (Lipinski definition) is 2. The van der Waals surface area contributed by atoms with Gasteiger partial charge < -0.3 is 5.11 Å². The number of thioether (sulfide) groups is 1. The summed E-state index contributed by atoms with van der Waals surface area (Å²) in [5, 5.41) is 10.1. The first-order valence-electron chi connectivity index (χ1n) is 4.93. The number of aliphatic carboxylic acids is 1. The zero-order valence-corrected chi connectivity index (χ0v) is 9.09. The van der Waals surface area contributed by atoms with Crippen LogP contribution in [-0.4, -0.2) is 11.1 Å². The zero-order valence-electron chi connectivity index (χ0n) is 8.27. The number of hydrogen-bond donors (Lipinski definition) is 1. The number of fused-ring (bicyclic) bond motifs is 1. The Bertz CT molecular complexity index is 410. The fourth-order valence-electron chi connectivity index (χ4n) is 1.79. The van der Waals surface area contributed by atoms with Gasteiger partial charge in [-0.2, -0.15) is 0 Å². The molecule has 0 heterocycles. The molecule has 0 fully saturated rings. The highest BCUT2D eigenvalue weighted by Gasteiger charge is 2.10. The normalized spacial score (nSPS) is 14.4. The number of benzene rings is 1. The van der Waals surface area contributed by atoms with E-state index >= 15 is 0 Å². The lowest BCUT2D eigenvalue weighted by atomic mass is 10.1. The lowest BCUT2D eigenvalue weighted by molar-refractivity contribution is -0.131. The van der Waals surface area contributed by atoms with Crippen molar-refractivity contribution in [2.45, 2.75) is 24.2 Å². The van der Waals surface area contributed by atoms with E-state index in [0.29, 0.717) is 0 Å². The van der Waals surface area contributed by atoms with Gasteiger partial charge in [0, 0.05) is 11.0 Å². The molecule has 2 rings (SSSR count). The first kappa shape index (κ1) is 10.3. The Morgan fingerprint density at radius 1 is 1.33 bits per heavy atom. The van der Waals surface area contributed by atoms with Crippen molar-refractivity contribution in [3.63, 3.8) is 0 Å². The first-order chi connectivity index (χ1) is 7.25. The Balaban J connectivity index is 2.07. The van der Waals surface area contributed by atoms with Gasteiger partial charge in [-0.05, 0) is 47.9 Å². The predicted molar refractivity (Wildman–Crippen MR) is 61.1 cm³/mol. The molecule has 78 valence electrons. The van der Waals surface area contributed by atoms with Gasteiger partial charge in [-0.15, -0.1) is 0 Å². The molecule has 0 atom stereocenters. The largest absolute Gasteiger partial charge is 0.478 e. The molecule has 1 N–H and O–H groups in total. The number of carbonyl (C=O) groups is 1. The summed E-state index contributed by atoms with van der Waals surface area (Å²) in [6.07, 6.45) is 4.75. The van der Waals surface area contributed by atoms with Crippen molar-refractivity contribution in [1.82, 2.24) is 0 Å². The van der Waals surface area contributed by atoms with Crippen molar-refractivity contribution in [2.75, 3.05) is 0 Å². The molecule has 2 nitrogen and oxygen atoms in total. The van der Waals surface area contributed by atoms with E-state index in [1.807, 2.05) is 0 Å². The highest BCUT2D eigenvalue weighted by molar-refractivity contribution is 8.02. The number of aryl methyl sites for hydroxylation is 2. The van der Waals surface area contributed by atoms with Gasteiger partial charge >= 0.3 is 5.97 Å². The van der Waals surface area contributed by atoms with Gasteiger partial charge in [0.2, 0.25) is 0 Å². The molecule has 3 heteroatoms. The molecule has 0 bridgehead atoms. The maximum Gasteiger partial charge on any atom is 0.328 e. The molecule has 0 unspecified atom stereocenters. The molecule has 15 heavy (non-hydrogen) atoms. The van der Waals surface area contributed by atoms with E-state index in [2.05, 4.69) is 18.2 Å². The van der Waals surface area contributed by atoms with Crippen LogP contribution in [-0.2, 0) is 17.6 Å². The predicted octanol–water partition coefficient (Wildman–Crippen LogP) is 2.87. The van der Waals surface area contributed by atoms with E-state index in [0.717, 1.165) is 17.4 Å². The van der Waals surface area contributed by atoms with Gasteiger partial charge in [0.25, 0.3) is 0 Å². The summed E-state index contributed by atoms with van der Waals surface area (Å²) in [6, 6.07) is 6.37. The van der Waals surface area contributed by atoms with Crippen LogP contribution in [0.2, 0.25) is 0 Å². The summed E-state index contributed by atoms with van der Waals surface area (Å²) < 4.78 is 0. The lowest BCUT2D eigenvalue weighted by Gasteiger charge is -2.01. The molecule has 0 radical (unpaired) electrons. The van der Waals surface area contributed by atoms with E-state index in [4.69, 9.17) is 5.11 Å². The summed E-state index contributed by atoms with van der Waals surface area (Å²) in [4.78, 5) is 11.4. The number of carboxylic acids is 1. The number of rotatable bonds is 3. The Kier molecular flexibility index (Phi) is 3.11. The highest BCUT2D eigenvalue weighted by atomic mass is 32.2. The maximum atomic E-state index is 10.3. The molecule has 1 aliphatic rings. The second-order valence-corrected chi connectivity index (χ2v) is 4.52. The molecule has 0 saturated heterocycles. The molecule has 0 aromatic heterocycles. The molecule has 0 spiro atoms. The summed E-state index contributed by atoms with van der Waals surface area (Å²) in [7, 11) is 0. The Morgan fingerprint density at radius 2 is 2.13 bits per heavy atom. The quantitative estimate of drug-likeness (QED) is 0.628. The monoisotopic (exact) mass is 220 g/mol. The van der Waals surface area contributed by atoms with Crippen LogP contribution >= 0.6 is 11.8 Å². The topological polar surface area (TPSA) is 37.3 Å². The second-order valence-electron chi connectivity index (χ2n) is 3.54. The summed E-state index contributed by atoms with van der Waals surface area (Å²) in [5.41, 5.74) is 2.87. The van der Waals surface area contributed by atoms with Crippen LogP contribution in [0.4, 0.5) is 0 Å². The van der Waals surface area contributed by atoms with E-state index < -0.39 is 5.97 Å². The van der Waals surface area contributed by atoms with Crippen LogP contribution in [0.1, 0.15) is 17.5 Å². The molecular weight excluding hydrogens is 208 g/mol. The average Bonchev–Trinajstić information content (AvgIpc) is 2.64. The van der Waals surface area contributed by atoms with Gasteiger partial charge in [0.1, 0.15) is 0 Å². The Hall–Kier alpha value is -1.22. The van der Waals surface area contributed by atoms with Crippen molar-refractivity contribution in [2.24, 2.45) is 0 Å². The van der Waals surface area contributed by atoms with E-state index in [9.17, 15) is 4.79 Å². The minimum atomic E-state index is -0.899. The summed E-state index contributed by atoms with van der Waals surface area (Å²) in [6.45, 7) is 0. The van der Waals surface area contributed by atoms with Gasteiger partial charge in [0.05, 0.1) is 0 Å². The van der Waals surface area contributed by atoms with Gasteiger partial charge in [0.15, 0.2) is 0 Å². The van der Waals surface area contributed by atoms with Crippen molar-refractivity contribution >= 4 is 17.7 Å². The molecule has 1 aliphatic carbocycles.